The van der Waals surface area contributed by atoms with Gasteiger partial charge < -0.3 is 25.6 Å². The number of nitrogens with zero attached hydrogens (tertiary/aromatic N) is 2. The van der Waals surface area contributed by atoms with Crippen molar-refractivity contribution in [2.75, 3.05) is 32.1 Å². The predicted octanol–water partition coefficient (Wildman–Crippen LogP) is 5.28. The van der Waals surface area contributed by atoms with Crippen molar-refractivity contribution in [2.24, 2.45) is 0 Å². The highest BCUT2D eigenvalue weighted by Crippen LogP contribution is 2.44. The first-order valence-corrected chi connectivity index (χ1v) is 13.5. The molecule has 0 aliphatic carbocycles. The monoisotopic (exact) mass is 602 g/mol. The number of amides is 1. The van der Waals surface area contributed by atoms with E-state index in [1.54, 1.807) is 48.0 Å². The normalized spacial score (nSPS) is 13.5. The van der Waals surface area contributed by atoms with E-state index < -0.39 is 36.0 Å². The van der Waals surface area contributed by atoms with Crippen molar-refractivity contribution in [3.8, 4) is 11.4 Å². The van der Waals surface area contributed by atoms with E-state index >= 15 is 0 Å². The fraction of sp³-hybridized carbons (Fsp3) is 0.355. The Morgan fingerprint density at radius 2 is 1.84 bits per heavy atom. The summed E-state index contributed by atoms with van der Waals surface area (Å²) in [5.74, 6) is -0.796. The number of fused-ring (bicyclic) bond motifs is 1. The van der Waals surface area contributed by atoms with E-state index in [1.165, 1.54) is 33.2 Å². The predicted molar refractivity (Wildman–Crippen MR) is 155 cm³/mol. The largest absolute Gasteiger partial charge is 0.496 e. The number of hydrogen-bond acceptors (Lipinski definition) is 6. The number of aliphatic hydroxyl groups excluding tert-OH is 1. The van der Waals surface area contributed by atoms with Crippen LogP contribution in [-0.2, 0) is 5.41 Å². The summed E-state index contributed by atoms with van der Waals surface area (Å²) in [4.78, 5) is 12.4. The van der Waals surface area contributed by atoms with Gasteiger partial charge in [0.25, 0.3) is 5.91 Å². The number of anilines is 1. The van der Waals surface area contributed by atoms with E-state index in [0.29, 0.717) is 33.4 Å². The summed E-state index contributed by atoms with van der Waals surface area (Å²) in [6, 6.07) is 13.7. The number of carbonyl (C=O) groups excluding carboxylic acids is 1. The molecule has 4 aromatic rings. The third-order valence-corrected chi connectivity index (χ3v) is 7.31. The van der Waals surface area contributed by atoms with Gasteiger partial charge in [-0.05, 0) is 72.9 Å². The lowest BCUT2D eigenvalue weighted by Gasteiger charge is -2.38. The number of ether oxygens (including phenoxy) is 1. The van der Waals surface area contributed by atoms with Crippen molar-refractivity contribution in [3.05, 3.63) is 83.3 Å². The molecule has 43 heavy (non-hydrogen) atoms. The Balaban J connectivity index is 1.66. The Hall–Kier alpha value is -4.16. The molecule has 3 aromatic carbocycles. The number of aromatic nitrogens is 2. The summed E-state index contributed by atoms with van der Waals surface area (Å²) < 4.78 is 64.3. The molecule has 0 fully saturated rings. The van der Waals surface area contributed by atoms with Crippen molar-refractivity contribution in [1.82, 2.24) is 15.1 Å². The van der Waals surface area contributed by atoms with Crippen molar-refractivity contribution in [3.63, 3.8) is 0 Å². The molecule has 12 heteroatoms. The average Bonchev–Trinajstić information content (AvgIpc) is 3.37. The fourth-order valence-corrected chi connectivity index (χ4v) is 5.21. The van der Waals surface area contributed by atoms with Crippen molar-refractivity contribution < 1.29 is 37.3 Å². The molecule has 1 aromatic heterocycles. The zero-order valence-electron chi connectivity index (χ0n) is 24.2. The third kappa shape index (κ3) is 6.75. The van der Waals surface area contributed by atoms with Gasteiger partial charge in [-0.15, -0.1) is 0 Å². The number of aryl methyl sites for hydroxylation is 1. The van der Waals surface area contributed by atoms with Gasteiger partial charge >= 0.3 is 6.18 Å². The number of aliphatic hydroxyl groups is 2. The molecule has 0 aliphatic heterocycles. The maximum atomic E-state index is 14.5. The summed E-state index contributed by atoms with van der Waals surface area (Å²) in [7, 11) is 1.34. The van der Waals surface area contributed by atoms with E-state index in [2.05, 4.69) is 15.7 Å². The van der Waals surface area contributed by atoms with Crippen LogP contribution in [0.5, 0.6) is 5.75 Å². The van der Waals surface area contributed by atoms with Gasteiger partial charge in [0, 0.05) is 28.7 Å². The highest BCUT2D eigenvalue weighted by Gasteiger charge is 2.56. The molecule has 0 aliphatic rings. The number of carbonyl (C=O) groups is 1. The van der Waals surface area contributed by atoms with Crippen molar-refractivity contribution >= 4 is 22.5 Å². The molecule has 0 bridgehead atoms. The summed E-state index contributed by atoms with van der Waals surface area (Å²) >= 11 is 0. The van der Waals surface area contributed by atoms with Crippen LogP contribution in [0.4, 0.5) is 23.2 Å². The first-order chi connectivity index (χ1) is 20.2. The molecular formula is C31H34F4N4O4. The maximum absolute atomic E-state index is 14.5. The number of benzene rings is 3. The molecule has 0 radical (unpaired) electrons. The number of rotatable bonds is 11. The Kier molecular flexibility index (Phi) is 9.02. The number of methoxy groups -OCH3 is 1. The van der Waals surface area contributed by atoms with Crippen LogP contribution in [0.3, 0.4) is 0 Å². The Labute approximate surface area is 246 Å². The Bertz CT molecular complexity index is 1620. The van der Waals surface area contributed by atoms with Gasteiger partial charge in [0.1, 0.15) is 11.6 Å². The second-order valence-electron chi connectivity index (χ2n) is 11.1. The molecule has 1 heterocycles. The molecule has 8 nitrogen and oxygen atoms in total. The summed E-state index contributed by atoms with van der Waals surface area (Å²) in [5.41, 5.74) is -1.85. The standard InChI is InChI=1S/C31H34F4N4O4/c1-19-12-25(23-16-38-39(26(23)13-19)22-7-5-6-20(14-22)28(41)36-10-11-40)37-18-30(42,31(33,34)35)17-29(2,3)24-15-21(32)8-9-27(24)43-4/h5-9,12-16,37,40,42H,10-11,17-18H2,1-4H3,(H,36,41). The SMILES string of the molecule is COc1ccc(F)cc1C(C)(C)CC(O)(CNc1cc(C)cc2c1cnn2-c1cccc(C(=O)NCCO)c1)C(F)(F)F. The van der Waals surface area contributed by atoms with Crippen LogP contribution in [0.1, 0.15) is 41.8 Å². The highest BCUT2D eigenvalue weighted by atomic mass is 19.4. The molecule has 0 saturated heterocycles. The molecule has 4 rings (SSSR count). The molecule has 4 N–H and O–H groups in total. The number of halogens is 4. The molecule has 230 valence electrons. The molecule has 1 unspecified atom stereocenters. The van der Waals surface area contributed by atoms with Gasteiger partial charge in [-0.1, -0.05) is 19.9 Å². The van der Waals surface area contributed by atoms with Crippen LogP contribution in [0.25, 0.3) is 16.6 Å². The third-order valence-electron chi connectivity index (χ3n) is 7.31. The van der Waals surface area contributed by atoms with Crippen LogP contribution in [0, 0.1) is 12.7 Å². The topological polar surface area (TPSA) is 109 Å². The maximum Gasteiger partial charge on any atom is 0.418 e. The average molecular weight is 603 g/mol. The van der Waals surface area contributed by atoms with Crippen molar-refractivity contribution in [2.45, 2.75) is 44.4 Å². The van der Waals surface area contributed by atoms with Crippen LogP contribution in [0.15, 0.2) is 60.8 Å². The van der Waals surface area contributed by atoms with Crippen LogP contribution in [-0.4, -0.2) is 64.5 Å². The van der Waals surface area contributed by atoms with E-state index in [9.17, 15) is 27.5 Å². The fourth-order valence-electron chi connectivity index (χ4n) is 5.21. The van der Waals surface area contributed by atoms with Gasteiger partial charge in [0.2, 0.25) is 0 Å². The number of alkyl halides is 3. The number of nitrogens with one attached hydrogen (secondary N) is 2. The van der Waals surface area contributed by atoms with Gasteiger partial charge in [0.05, 0.1) is 37.7 Å². The van der Waals surface area contributed by atoms with Gasteiger partial charge in [-0.2, -0.15) is 18.3 Å². The molecule has 0 saturated carbocycles. The first kappa shape index (κ1) is 31.8. The second-order valence-corrected chi connectivity index (χ2v) is 11.1. The quantitative estimate of drug-likeness (QED) is 0.174. The van der Waals surface area contributed by atoms with E-state index in [4.69, 9.17) is 9.84 Å². The molecule has 1 amide bonds. The minimum absolute atomic E-state index is 0.0965. The van der Waals surface area contributed by atoms with Gasteiger partial charge in [0.15, 0.2) is 5.60 Å². The van der Waals surface area contributed by atoms with Crippen molar-refractivity contribution in [1.29, 1.82) is 0 Å². The van der Waals surface area contributed by atoms with Crippen LogP contribution >= 0.6 is 0 Å². The molecule has 1 atom stereocenters. The zero-order chi connectivity index (χ0) is 31.6. The lowest BCUT2D eigenvalue weighted by molar-refractivity contribution is -0.260. The summed E-state index contributed by atoms with van der Waals surface area (Å²) in [5, 5.41) is 30.4. The first-order valence-electron chi connectivity index (χ1n) is 13.5. The minimum atomic E-state index is -5.03. The Morgan fingerprint density at radius 3 is 2.51 bits per heavy atom. The van der Waals surface area contributed by atoms with Gasteiger partial charge in [-0.25, -0.2) is 9.07 Å². The second kappa shape index (κ2) is 12.2. The van der Waals surface area contributed by atoms with E-state index in [-0.39, 0.29) is 30.4 Å². The molecule has 0 spiro atoms. The Morgan fingerprint density at radius 1 is 1.09 bits per heavy atom. The van der Waals surface area contributed by atoms with E-state index in [0.717, 1.165) is 12.1 Å². The summed E-state index contributed by atoms with van der Waals surface area (Å²) in [6.07, 6.45) is -4.32. The molecular weight excluding hydrogens is 568 g/mol. The smallest absolute Gasteiger partial charge is 0.418 e. The van der Waals surface area contributed by atoms with Gasteiger partial charge in [-0.3, -0.25) is 4.79 Å². The van der Waals surface area contributed by atoms with Crippen LogP contribution < -0.4 is 15.4 Å². The minimum Gasteiger partial charge on any atom is -0.496 e. The number of hydrogen-bond donors (Lipinski definition) is 4. The van der Waals surface area contributed by atoms with E-state index in [1.807, 2.05) is 0 Å². The van der Waals surface area contributed by atoms with Crippen LogP contribution in [0.2, 0.25) is 0 Å². The lowest BCUT2D eigenvalue weighted by atomic mass is 9.74. The highest BCUT2D eigenvalue weighted by molar-refractivity contribution is 5.96. The zero-order valence-corrected chi connectivity index (χ0v) is 24.2. The lowest BCUT2D eigenvalue weighted by Crippen LogP contribution is -2.53. The summed E-state index contributed by atoms with van der Waals surface area (Å²) in [6.45, 7) is 3.77.